The molecule has 0 aromatic rings. The van der Waals surface area contributed by atoms with Crippen LogP contribution >= 0.6 is 0 Å². The Bertz CT molecular complexity index is 292. The van der Waals surface area contributed by atoms with Gasteiger partial charge >= 0.3 is 0 Å². The Morgan fingerprint density at radius 1 is 1.33 bits per heavy atom. The number of carbonyl (C=O) groups excluding carboxylic acids is 1. The molecule has 0 radical (unpaired) electrons. The van der Waals surface area contributed by atoms with Crippen LogP contribution in [0.3, 0.4) is 0 Å². The Kier molecular flexibility index (Phi) is 2.19. The molecule has 1 heterocycles. The first-order valence-corrected chi connectivity index (χ1v) is 6.06. The van der Waals surface area contributed by atoms with Gasteiger partial charge in [0.25, 0.3) is 0 Å². The van der Waals surface area contributed by atoms with Crippen molar-refractivity contribution in [1.29, 1.82) is 0 Å². The fourth-order valence-electron chi connectivity index (χ4n) is 3.77. The highest BCUT2D eigenvalue weighted by Crippen LogP contribution is 2.56. The molecular formula is C13H23NO. The van der Waals surface area contributed by atoms with Crippen LogP contribution < -0.4 is 0 Å². The zero-order chi connectivity index (χ0) is 11.4. The van der Waals surface area contributed by atoms with Gasteiger partial charge in [-0.2, -0.15) is 0 Å². The molecule has 0 spiro atoms. The topological polar surface area (TPSA) is 20.3 Å². The molecule has 2 rings (SSSR count). The Morgan fingerprint density at radius 2 is 1.93 bits per heavy atom. The van der Waals surface area contributed by atoms with Crippen molar-refractivity contribution in [2.75, 3.05) is 6.54 Å². The molecule has 0 aromatic carbocycles. The first kappa shape index (κ1) is 11.0. The van der Waals surface area contributed by atoms with E-state index in [4.69, 9.17) is 0 Å². The monoisotopic (exact) mass is 209 g/mol. The van der Waals surface area contributed by atoms with E-state index in [0.717, 1.165) is 6.54 Å². The van der Waals surface area contributed by atoms with Crippen LogP contribution in [0, 0.1) is 16.7 Å². The molecule has 1 amide bonds. The van der Waals surface area contributed by atoms with E-state index in [0.29, 0.717) is 22.8 Å². The zero-order valence-corrected chi connectivity index (χ0v) is 10.6. The van der Waals surface area contributed by atoms with Gasteiger partial charge in [0, 0.05) is 18.5 Å². The molecular weight excluding hydrogens is 186 g/mol. The van der Waals surface area contributed by atoms with Crippen LogP contribution in [-0.4, -0.2) is 23.4 Å². The van der Waals surface area contributed by atoms with Crippen molar-refractivity contribution in [1.82, 2.24) is 4.90 Å². The maximum atomic E-state index is 12.1. The van der Waals surface area contributed by atoms with Crippen molar-refractivity contribution in [2.45, 2.75) is 53.5 Å². The quantitative estimate of drug-likeness (QED) is 0.650. The molecule has 86 valence electrons. The number of hydrogen-bond donors (Lipinski definition) is 0. The van der Waals surface area contributed by atoms with Gasteiger partial charge in [-0.05, 0) is 23.7 Å². The number of hydrogen-bond acceptors (Lipinski definition) is 1. The van der Waals surface area contributed by atoms with E-state index in [-0.39, 0.29) is 5.92 Å². The second kappa shape index (κ2) is 2.99. The molecule has 0 aromatic heterocycles. The van der Waals surface area contributed by atoms with Crippen LogP contribution in [0.2, 0.25) is 0 Å². The third-order valence-electron chi connectivity index (χ3n) is 4.18. The number of nitrogens with zero attached hydrogens (tertiary/aromatic N) is 1. The summed E-state index contributed by atoms with van der Waals surface area (Å²) in [5, 5.41) is 0. The fourth-order valence-corrected chi connectivity index (χ4v) is 3.77. The predicted molar refractivity (Wildman–Crippen MR) is 61.5 cm³/mol. The third kappa shape index (κ3) is 1.58. The Morgan fingerprint density at radius 3 is 2.33 bits per heavy atom. The average Bonchev–Trinajstić information content (AvgIpc) is 2.50. The number of piperidine rings is 1. The van der Waals surface area contributed by atoms with Gasteiger partial charge in [0.15, 0.2) is 0 Å². The van der Waals surface area contributed by atoms with Crippen molar-refractivity contribution in [3.05, 3.63) is 0 Å². The SMILES string of the molecule is CC(C)C(=O)N1CC2(C)CC1C(C)(C)C2. The first-order chi connectivity index (χ1) is 6.75. The van der Waals surface area contributed by atoms with E-state index in [1.807, 2.05) is 13.8 Å². The van der Waals surface area contributed by atoms with Crippen LogP contribution in [0.4, 0.5) is 0 Å². The van der Waals surface area contributed by atoms with Crippen LogP contribution in [0.5, 0.6) is 0 Å². The summed E-state index contributed by atoms with van der Waals surface area (Å²) < 4.78 is 0. The number of carbonyl (C=O) groups is 1. The summed E-state index contributed by atoms with van der Waals surface area (Å²) in [5.74, 6) is 0.486. The van der Waals surface area contributed by atoms with E-state index < -0.39 is 0 Å². The van der Waals surface area contributed by atoms with Crippen LogP contribution in [0.1, 0.15) is 47.5 Å². The van der Waals surface area contributed by atoms with Gasteiger partial charge in [0.05, 0.1) is 0 Å². The fraction of sp³-hybridized carbons (Fsp3) is 0.923. The van der Waals surface area contributed by atoms with Gasteiger partial charge in [-0.15, -0.1) is 0 Å². The summed E-state index contributed by atoms with van der Waals surface area (Å²) >= 11 is 0. The lowest BCUT2D eigenvalue weighted by atomic mass is 9.79. The molecule has 1 saturated carbocycles. The third-order valence-corrected chi connectivity index (χ3v) is 4.18. The molecule has 1 aliphatic carbocycles. The molecule has 2 heteroatoms. The van der Waals surface area contributed by atoms with Gasteiger partial charge in [-0.25, -0.2) is 0 Å². The standard InChI is InChI=1S/C13H23NO/c1-9(2)11(15)14-8-13(5)6-10(14)12(3,4)7-13/h9-10H,6-8H2,1-5H3. The highest BCUT2D eigenvalue weighted by atomic mass is 16.2. The van der Waals surface area contributed by atoms with E-state index in [1.54, 1.807) is 0 Å². The number of rotatable bonds is 1. The molecule has 2 bridgehead atoms. The molecule has 2 fully saturated rings. The lowest BCUT2D eigenvalue weighted by molar-refractivity contribution is -0.139. The zero-order valence-electron chi connectivity index (χ0n) is 10.6. The van der Waals surface area contributed by atoms with Crippen LogP contribution in [0.15, 0.2) is 0 Å². The highest BCUT2D eigenvalue weighted by molar-refractivity contribution is 5.79. The largest absolute Gasteiger partial charge is 0.338 e. The highest BCUT2D eigenvalue weighted by Gasteiger charge is 2.57. The Hall–Kier alpha value is -0.530. The second-order valence-corrected chi connectivity index (χ2v) is 6.82. The summed E-state index contributed by atoms with van der Waals surface area (Å²) in [6, 6.07) is 0.484. The predicted octanol–water partition coefficient (Wildman–Crippen LogP) is 2.68. The van der Waals surface area contributed by atoms with Crippen molar-refractivity contribution in [2.24, 2.45) is 16.7 Å². The minimum atomic E-state index is 0.142. The summed E-state index contributed by atoms with van der Waals surface area (Å²) in [5.41, 5.74) is 0.705. The summed E-state index contributed by atoms with van der Waals surface area (Å²) in [6.07, 6.45) is 2.48. The minimum Gasteiger partial charge on any atom is -0.338 e. The van der Waals surface area contributed by atoms with E-state index in [9.17, 15) is 4.79 Å². The molecule has 15 heavy (non-hydrogen) atoms. The van der Waals surface area contributed by atoms with Gasteiger partial charge < -0.3 is 4.90 Å². The lowest BCUT2D eigenvalue weighted by Crippen LogP contribution is -2.48. The molecule has 1 aliphatic heterocycles. The van der Waals surface area contributed by atoms with E-state index in [1.165, 1.54) is 12.8 Å². The normalized spacial score (nSPS) is 37.7. The minimum absolute atomic E-state index is 0.142. The van der Waals surface area contributed by atoms with Gasteiger partial charge in [-0.3, -0.25) is 4.79 Å². The van der Waals surface area contributed by atoms with Gasteiger partial charge in [0.1, 0.15) is 0 Å². The molecule has 1 saturated heterocycles. The van der Waals surface area contributed by atoms with E-state index >= 15 is 0 Å². The maximum absolute atomic E-state index is 12.1. The lowest BCUT2D eigenvalue weighted by Gasteiger charge is -2.41. The Balaban J connectivity index is 2.22. The van der Waals surface area contributed by atoms with Crippen molar-refractivity contribution in [3.63, 3.8) is 0 Å². The van der Waals surface area contributed by atoms with Gasteiger partial charge in [0.2, 0.25) is 5.91 Å². The van der Waals surface area contributed by atoms with Gasteiger partial charge in [-0.1, -0.05) is 34.6 Å². The first-order valence-electron chi connectivity index (χ1n) is 6.06. The summed E-state index contributed by atoms with van der Waals surface area (Å²) in [4.78, 5) is 14.2. The number of fused-ring (bicyclic) bond motifs is 2. The summed E-state index contributed by atoms with van der Waals surface area (Å²) in [6.45, 7) is 11.9. The number of likely N-dealkylation sites (tertiary alicyclic amines) is 1. The molecule has 2 aliphatic rings. The van der Waals surface area contributed by atoms with Crippen LogP contribution in [-0.2, 0) is 4.79 Å². The van der Waals surface area contributed by atoms with E-state index in [2.05, 4.69) is 25.7 Å². The second-order valence-electron chi connectivity index (χ2n) is 6.82. The molecule has 2 unspecified atom stereocenters. The smallest absolute Gasteiger partial charge is 0.225 e. The molecule has 2 atom stereocenters. The molecule has 0 N–H and O–H groups in total. The summed E-state index contributed by atoms with van der Waals surface area (Å²) in [7, 11) is 0. The van der Waals surface area contributed by atoms with Crippen molar-refractivity contribution in [3.8, 4) is 0 Å². The average molecular weight is 209 g/mol. The van der Waals surface area contributed by atoms with Crippen molar-refractivity contribution >= 4 is 5.91 Å². The Labute approximate surface area is 93.0 Å². The van der Waals surface area contributed by atoms with Crippen LogP contribution in [0.25, 0.3) is 0 Å². The molecule has 2 nitrogen and oxygen atoms in total. The van der Waals surface area contributed by atoms with Crippen molar-refractivity contribution < 1.29 is 4.79 Å². The maximum Gasteiger partial charge on any atom is 0.225 e. The number of amides is 1.